The summed E-state index contributed by atoms with van der Waals surface area (Å²) in [6.07, 6.45) is 1.06. The standard InChI is InChI=1S/C19H22N2O/c1-15(16-7-3-2-4-8-16)20-19(22)14-21-12-11-17-9-5-6-10-18(17)13-21/h2-10,15H,11-14H2,1H3,(H,20,22)/p+1/t15-/m0/s1. The molecule has 1 unspecified atom stereocenters. The molecule has 2 atom stereocenters. The van der Waals surface area contributed by atoms with Gasteiger partial charge in [-0.25, -0.2) is 0 Å². The highest BCUT2D eigenvalue weighted by atomic mass is 16.2. The van der Waals surface area contributed by atoms with Gasteiger partial charge in [0.25, 0.3) is 5.91 Å². The van der Waals surface area contributed by atoms with E-state index in [-0.39, 0.29) is 11.9 Å². The van der Waals surface area contributed by atoms with Crippen LogP contribution in [-0.4, -0.2) is 19.0 Å². The SMILES string of the molecule is C[C@H](NC(=O)C[NH+]1CCc2ccccc2C1)c1ccccc1. The van der Waals surface area contributed by atoms with Gasteiger partial charge in [-0.1, -0.05) is 54.6 Å². The molecule has 2 aromatic carbocycles. The Morgan fingerprint density at radius 1 is 1.09 bits per heavy atom. The van der Waals surface area contributed by atoms with E-state index in [1.807, 2.05) is 25.1 Å². The molecule has 0 bridgehead atoms. The molecule has 3 rings (SSSR count). The summed E-state index contributed by atoms with van der Waals surface area (Å²) in [4.78, 5) is 13.6. The van der Waals surface area contributed by atoms with Crippen LogP contribution in [0, 0.1) is 0 Å². The van der Waals surface area contributed by atoms with E-state index in [9.17, 15) is 4.79 Å². The highest BCUT2D eigenvalue weighted by molar-refractivity contribution is 5.77. The maximum Gasteiger partial charge on any atom is 0.275 e. The predicted octanol–water partition coefficient (Wildman–Crippen LogP) is 1.51. The number of hydrogen-bond donors (Lipinski definition) is 2. The summed E-state index contributed by atoms with van der Waals surface area (Å²) in [6.45, 7) is 4.56. The van der Waals surface area contributed by atoms with Gasteiger partial charge in [0, 0.05) is 12.0 Å². The second-order valence-electron chi connectivity index (χ2n) is 6.07. The number of carbonyl (C=O) groups excluding carboxylic acids is 1. The topological polar surface area (TPSA) is 33.5 Å². The van der Waals surface area contributed by atoms with Crippen LogP contribution < -0.4 is 10.2 Å². The first-order chi connectivity index (χ1) is 10.7. The third kappa shape index (κ3) is 3.55. The molecule has 0 spiro atoms. The maximum absolute atomic E-state index is 12.3. The molecule has 0 saturated carbocycles. The highest BCUT2D eigenvalue weighted by Gasteiger charge is 2.22. The molecule has 1 amide bonds. The third-order valence-electron chi connectivity index (χ3n) is 4.39. The monoisotopic (exact) mass is 295 g/mol. The smallest absolute Gasteiger partial charge is 0.275 e. The number of nitrogens with one attached hydrogen (secondary N) is 2. The molecule has 0 fully saturated rings. The molecule has 3 nitrogen and oxygen atoms in total. The molecule has 2 N–H and O–H groups in total. The first-order valence-corrected chi connectivity index (χ1v) is 7.97. The van der Waals surface area contributed by atoms with E-state index in [2.05, 4.69) is 41.7 Å². The largest absolute Gasteiger partial charge is 0.345 e. The number of carbonyl (C=O) groups is 1. The van der Waals surface area contributed by atoms with Crippen molar-refractivity contribution in [1.82, 2.24) is 5.32 Å². The zero-order valence-corrected chi connectivity index (χ0v) is 13.0. The summed E-state index contributed by atoms with van der Waals surface area (Å²) >= 11 is 0. The number of hydrogen-bond acceptors (Lipinski definition) is 1. The molecule has 22 heavy (non-hydrogen) atoms. The maximum atomic E-state index is 12.3. The average molecular weight is 295 g/mol. The highest BCUT2D eigenvalue weighted by Crippen LogP contribution is 2.11. The Morgan fingerprint density at radius 3 is 2.55 bits per heavy atom. The molecule has 1 aliphatic rings. The van der Waals surface area contributed by atoms with Crippen molar-refractivity contribution < 1.29 is 9.69 Å². The van der Waals surface area contributed by atoms with Gasteiger partial charge in [-0.15, -0.1) is 0 Å². The molecule has 3 heteroatoms. The van der Waals surface area contributed by atoms with Gasteiger partial charge in [0.2, 0.25) is 0 Å². The van der Waals surface area contributed by atoms with E-state index in [1.165, 1.54) is 16.0 Å². The van der Waals surface area contributed by atoms with Crippen LogP contribution in [-0.2, 0) is 17.8 Å². The fourth-order valence-electron chi connectivity index (χ4n) is 3.14. The Hall–Kier alpha value is -2.13. The Kier molecular flexibility index (Phi) is 4.54. The van der Waals surface area contributed by atoms with Crippen molar-refractivity contribution in [2.45, 2.75) is 25.9 Å². The Labute approximate surface area is 132 Å². The van der Waals surface area contributed by atoms with Gasteiger partial charge in [-0.05, 0) is 18.1 Å². The van der Waals surface area contributed by atoms with Crippen molar-refractivity contribution in [1.29, 1.82) is 0 Å². The minimum atomic E-state index is 0.0603. The molecule has 0 aliphatic carbocycles. The molecule has 0 saturated heterocycles. The normalized spacial score (nSPS) is 18.3. The molecule has 1 aliphatic heterocycles. The molecular formula is C19H23N2O+. The summed E-state index contributed by atoms with van der Waals surface area (Å²) in [5.74, 6) is 0.130. The van der Waals surface area contributed by atoms with Gasteiger partial charge in [0.05, 0.1) is 12.6 Å². The first-order valence-electron chi connectivity index (χ1n) is 7.97. The molecule has 1 heterocycles. The first kappa shape index (κ1) is 14.8. The summed E-state index contributed by atoms with van der Waals surface area (Å²) in [7, 11) is 0. The van der Waals surface area contributed by atoms with E-state index >= 15 is 0 Å². The van der Waals surface area contributed by atoms with Crippen LogP contribution in [0.1, 0.15) is 29.7 Å². The van der Waals surface area contributed by atoms with Gasteiger partial charge in [-0.2, -0.15) is 0 Å². The lowest BCUT2D eigenvalue weighted by molar-refractivity contribution is -0.908. The third-order valence-corrected chi connectivity index (χ3v) is 4.39. The Balaban J connectivity index is 1.55. The molecular weight excluding hydrogens is 272 g/mol. The van der Waals surface area contributed by atoms with E-state index < -0.39 is 0 Å². The van der Waals surface area contributed by atoms with E-state index in [1.54, 1.807) is 0 Å². The van der Waals surface area contributed by atoms with Gasteiger partial charge in [0.15, 0.2) is 6.54 Å². The van der Waals surface area contributed by atoms with Gasteiger partial charge in [-0.3, -0.25) is 4.79 Å². The average Bonchev–Trinajstić information content (AvgIpc) is 2.55. The van der Waals surface area contributed by atoms with Gasteiger partial charge < -0.3 is 10.2 Å². The molecule has 2 aromatic rings. The lowest BCUT2D eigenvalue weighted by atomic mass is 10.00. The number of quaternary nitrogens is 1. The van der Waals surface area contributed by atoms with E-state index in [0.717, 1.165) is 25.1 Å². The summed E-state index contributed by atoms with van der Waals surface area (Å²) in [5, 5.41) is 3.11. The van der Waals surface area contributed by atoms with Crippen LogP contribution in [0.5, 0.6) is 0 Å². The van der Waals surface area contributed by atoms with Crippen LogP contribution in [0.2, 0.25) is 0 Å². The van der Waals surface area contributed by atoms with Crippen LogP contribution in [0.3, 0.4) is 0 Å². The van der Waals surface area contributed by atoms with E-state index in [0.29, 0.717) is 6.54 Å². The van der Waals surface area contributed by atoms with E-state index in [4.69, 9.17) is 0 Å². The second kappa shape index (κ2) is 6.75. The number of rotatable bonds is 4. The minimum Gasteiger partial charge on any atom is -0.345 e. The summed E-state index contributed by atoms with van der Waals surface area (Å²) in [5.41, 5.74) is 3.96. The lowest BCUT2D eigenvalue weighted by Gasteiger charge is -2.26. The number of fused-ring (bicyclic) bond motifs is 1. The molecule has 0 radical (unpaired) electrons. The summed E-state index contributed by atoms with van der Waals surface area (Å²) in [6, 6.07) is 18.7. The fraction of sp³-hybridized carbons (Fsp3) is 0.316. The Bertz CT molecular complexity index is 639. The Morgan fingerprint density at radius 2 is 1.77 bits per heavy atom. The van der Waals surface area contributed by atoms with Crippen molar-refractivity contribution in [3.63, 3.8) is 0 Å². The summed E-state index contributed by atoms with van der Waals surface area (Å²) < 4.78 is 0. The minimum absolute atomic E-state index is 0.0603. The van der Waals surface area contributed by atoms with Crippen LogP contribution in [0.25, 0.3) is 0 Å². The predicted molar refractivity (Wildman–Crippen MR) is 87.5 cm³/mol. The molecule has 0 aromatic heterocycles. The second-order valence-corrected chi connectivity index (χ2v) is 6.07. The van der Waals surface area contributed by atoms with Crippen molar-refractivity contribution in [3.8, 4) is 0 Å². The number of amides is 1. The van der Waals surface area contributed by atoms with Crippen molar-refractivity contribution in [2.75, 3.05) is 13.1 Å². The molecule has 114 valence electrons. The zero-order chi connectivity index (χ0) is 15.4. The quantitative estimate of drug-likeness (QED) is 0.881. The van der Waals surface area contributed by atoms with Crippen molar-refractivity contribution >= 4 is 5.91 Å². The van der Waals surface area contributed by atoms with Crippen LogP contribution >= 0.6 is 0 Å². The zero-order valence-electron chi connectivity index (χ0n) is 13.0. The van der Waals surface area contributed by atoms with Crippen LogP contribution in [0.15, 0.2) is 54.6 Å². The number of benzene rings is 2. The fourth-order valence-corrected chi connectivity index (χ4v) is 3.14. The van der Waals surface area contributed by atoms with Crippen molar-refractivity contribution in [3.05, 3.63) is 71.3 Å². The van der Waals surface area contributed by atoms with Gasteiger partial charge >= 0.3 is 0 Å². The van der Waals surface area contributed by atoms with Crippen molar-refractivity contribution in [2.24, 2.45) is 0 Å². The van der Waals surface area contributed by atoms with Crippen LogP contribution in [0.4, 0.5) is 0 Å². The van der Waals surface area contributed by atoms with Gasteiger partial charge in [0.1, 0.15) is 6.54 Å². The lowest BCUT2D eigenvalue weighted by Crippen LogP contribution is -3.12.